The zero-order valence-corrected chi connectivity index (χ0v) is 6.00. The summed E-state index contributed by atoms with van der Waals surface area (Å²) in [7, 11) is 0. The number of hydrogen-bond acceptors (Lipinski definition) is 1. The molecule has 0 aliphatic carbocycles. The molecule has 0 aromatic carbocycles. The number of hydrogen-bond donors (Lipinski definition) is 1. The molecule has 0 bridgehead atoms. The van der Waals surface area contributed by atoms with Crippen LogP contribution in [0.2, 0.25) is 0 Å². The van der Waals surface area contributed by atoms with Gasteiger partial charge in [0.1, 0.15) is 0 Å². The van der Waals surface area contributed by atoms with Crippen molar-refractivity contribution in [2.75, 3.05) is 5.34 Å². The fraction of sp³-hybridized carbons (Fsp3) is 1.00. The lowest BCUT2D eigenvalue weighted by atomic mass is 10.5. The lowest BCUT2D eigenvalue weighted by molar-refractivity contribution is 0.216. The van der Waals surface area contributed by atoms with Crippen LogP contribution in [0.15, 0.2) is 0 Å². The van der Waals surface area contributed by atoms with Crippen molar-refractivity contribution in [1.29, 1.82) is 0 Å². The fourth-order valence-corrected chi connectivity index (χ4v) is 0. The minimum Gasteiger partial charge on any atom is -0.394 e. The second-order valence-corrected chi connectivity index (χ2v) is 2.00. The monoisotopic (exact) mass is 144 g/mol. The summed E-state index contributed by atoms with van der Waals surface area (Å²) >= 11 is 9.53. The van der Waals surface area contributed by atoms with E-state index in [1.54, 1.807) is 13.8 Å². The third-order valence-electron chi connectivity index (χ3n) is 0. The first-order chi connectivity index (χ1) is 3.15. The normalized spacial score (nSPS) is 7.71. The van der Waals surface area contributed by atoms with Crippen LogP contribution in [0.5, 0.6) is 0 Å². The van der Waals surface area contributed by atoms with Crippen LogP contribution < -0.4 is 0 Å². The Morgan fingerprint density at radius 1 is 1.43 bits per heavy atom. The molecule has 0 rings (SSSR count). The van der Waals surface area contributed by atoms with Gasteiger partial charge in [-0.1, -0.05) is 0 Å². The summed E-state index contributed by atoms with van der Waals surface area (Å²) in [6.07, 6.45) is -0.167. The highest BCUT2D eigenvalue weighted by Gasteiger charge is 1.69. The van der Waals surface area contributed by atoms with E-state index in [2.05, 4.69) is 0 Å². The number of aliphatic hydroxyl groups excluding tert-OH is 1. The van der Waals surface area contributed by atoms with E-state index in [9.17, 15) is 0 Å². The summed E-state index contributed by atoms with van der Waals surface area (Å²) in [5.41, 5.74) is 0. The molecule has 0 atom stereocenters. The molecule has 1 nitrogen and oxygen atoms in total. The molecular weight excluding hydrogens is 135 g/mol. The molecule has 0 saturated carbocycles. The highest BCUT2D eigenvalue weighted by atomic mass is 35.5. The van der Waals surface area contributed by atoms with Crippen molar-refractivity contribution in [1.82, 2.24) is 0 Å². The summed E-state index contributed by atoms with van der Waals surface area (Å²) in [4.78, 5) is 0. The molecule has 0 aliphatic rings. The van der Waals surface area contributed by atoms with Crippen molar-refractivity contribution in [3.63, 3.8) is 0 Å². The lowest BCUT2D eigenvalue weighted by Crippen LogP contribution is -1.85. The van der Waals surface area contributed by atoms with Gasteiger partial charge in [-0.05, 0) is 13.8 Å². The molecule has 0 radical (unpaired) electrons. The van der Waals surface area contributed by atoms with E-state index in [0.29, 0.717) is 0 Å². The Hall–Kier alpha value is 0.540. The quantitative estimate of drug-likeness (QED) is 0.515. The van der Waals surface area contributed by atoms with Gasteiger partial charge in [0.25, 0.3) is 0 Å². The summed E-state index contributed by atoms with van der Waals surface area (Å²) in [6, 6.07) is 0. The molecule has 3 heteroatoms. The maximum atomic E-state index is 8.06. The van der Waals surface area contributed by atoms with E-state index >= 15 is 0 Å². The maximum absolute atomic E-state index is 8.06. The van der Waals surface area contributed by atoms with Crippen molar-refractivity contribution < 1.29 is 5.11 Å². The molecule has 0 amide bonds. The number of halogens is 2. The average Bonchev–Trinajstić information content (AvgIpc) is 1.33. The van der Waals surface area contributed by atoms with Gasteiger partial charge in [-0.25, -0.2) is 0 Å². The standard InChI is InChI=1S/C3H8O.CH2Cl2/c1-3(2)4;2-1-3/h3-4H,1-2H3;1H2. The van der Waals surface area contributed by atoms with E-state index in [4.69, 9.17) is 28.3 Å². The molecule has 0 unspecified atom stereocenters. The van der Waals surface area contributed by atoms with E-state index in [1.165, 1.54) is 0 Å². The molecule has 0 saturated heterocycles. The number of alkyl halides is 2. The van der Waals surface area contributed by atoms with Gasteiger partial charge < -0.3 is 5.11 Å². The van der Waals surface area contributed by atoms with Crippen molar-refractivity contribution in [2.24, 2.45) is 0 Å². The molecule has 0 fully saturated rings. The van der Waals surface area contributed by atoms with Crippen LogP contribution in [-0.4, -0.2) is 16.5 Å². The molecule has 0 spiro atoms. The zero-order chi connectivity index (χ0) is 6.28. The third-order valence-corrected chi connectivity index (χ3v) is 0. The Morgan fingerprint density at radius 3 is 1.43 bits per heavy atom. The largest absolute Gasteiger partial charge is 0.394 e. The molecule has 46 valence electrons. The fourth-order valence-electron chi connectivity index (χ4n) is 0. The number of rotatable bonds is 0. The minimum absolute atomic E-state index is 0.167. The highest BCUT2D eigenvalue weighted by molar-refractivity contribution is 6.40. The summed E-state index contributed by atoms with van der Waals surface area (Å²) in [5.74, 6) is 0. The van der Waals surface area contributed by atoms with Crippen LogP contribution in [0.3, 0.4) is 0 Å². The van der Waals surface area contributed by atoms with Gasteiger partial charge in [0.15, 0.2) is 0 Å². The van der Waals surface area contributed by atoms with E-state index in [0.717, 1.165) is 0 Å². The molecular formula is C4H10Cl2O. The van der Waals surface area contributed by atoms with E-state index < -0.39 is 0 Å². The van der Waals surface area contributed by atoms with E-state index in [1.807, 2.05) is 0 Å². The molecule has 0 aromatic heterocycles. The second-order valence-electron chi connectivity index (χ2n) is 1.19. The van der Waals surface area contributed by atoms with Crippen LogP contribution in [0.4, 0.5) is 0 Å². The Kier molecular flexibility index (Phi) is 14.6. The van der Waals surface area contributed by atoms with Gasteiger partial charge in [-0.15, -0.1) is 23.2 Å². The molecule has 0 aromatic rings. The van der Waals surface area contributed by atoms with Crippen molar-refractivity contribution in [3.05, 3.63) is 0 Å². The van der Waals surface area contributed by atoms with Gasteiger partial charge in [0.05, 0.1) is 5.34 Å². The number of aliphatic hydroxyl groups is 1. The molecule has 1 N–H and O–H groups in total. The van der Waals surface area contributed by atoms with Crippen LogP contribution in [-0.2, 0) is 0 Å². The first-order valence-corrected chi connectivity index (χ1v) is 3.02. The van der Waals surface area contributed by atoms with Gasteiger partial charge in [-0.2, -0.15) is 0 Å². The zero-order valence-electron chi connectivity index (χ0n) is 4.49. The van der Waals surface area contributed by atoms with Crippen molar-refractivity contribution >= 4 is 23.2 Å². The summed E-state index contributed by atoms with van der Waals surface area (Å²) in [6.45, 7) is 3.44. The Bertz CT molecular complexity index is 20.9. The topological polar surface area (TPSA) is 20.2 Å². The lowest BCUT2D eigenvalue weighted by Gasteiger charge is -1.80. The maximum Gasteiger partial charge on any atom is 0.0967 e. The first kappa shape index (κ1) is 10.5. The van der Waals surface area contributed by atoms with E-state index in [-0.39, 0.29) is 11.4 Å². The predicted octanol–water partition coefficient (Wildman–Crippen LogP) is 1.81. The van der Waals surface area contributed by atoms with Crippen LogP contribution >= 0.6 is 23.2 Å². The van der Waals surface area contributed by atoms with Crippen LogP contribution in [0, 0.1) is 0 Å². The Labute approximate surface area is 54.2 Å². The Balaban J connectivity index is 0. The predicted molar refractivity (Wildman–Crippen MR) is 33.9 cm³/mol. The summed E-state index contributed by atoms with van der Waals surface area (Å²) in [5, 5.41) is 8.25. The van der Waals surface area contributed by atoms with Gasteiger partial charge in [-0.3, -0.25) is 0 Å². The van der Waals surface area contributed by atoms with Crippen LogP contribution in [0.25, 0.3) is 0 Å². The van der Waals surface area contributed by atoms with Crippen molar-refractivity contribution in [3.8, 4) is 0 Å². The molecule has 0 aliphatic heterocycles. The first-order valence-electron chi connectivity index (χ1n) is 1.95. The third kappa shape index (κ3) is 462. The second kappa shape index (κ2) is 9.74. The summed E-state index contributed by atoms with van der Waals surface area (Å²) < 4.78 is 0. The van der Waals surface area contributed by atoms with Gasteiger partial charge in [0, 0.05) is 6.10 Å². The molecule has 7 heavy (non-hydrogen) atoms. The highest BCUT2D eigenvalue weighted by Crippen LogP contribution is 1.73. The minimum atomic E-state index is -0.167. The van der Waals surface area contributed by atoms with Gasteiger partial charge in [0.2, 0.25) is 0 Å². The van der Waals surface area contributed by atoms with Crippen LogP contribution in [0.1, 0.15) is 13.8 Å². The molecule has 0 heterocycles. The Morgan fingerprint density at radius 2 is 1.43 bits per heavy atom. The SMILES string of the molecule is CC(C)O.ClCCl. The average molecular weight is 145 g/mol. The van der Waals surface area contributed by atoms with Gasteiger partial charge >= 0.3 is 0 Å². The smallest absolute Gasteiger partial charge is 0.0967 e. The van der Waals surface area contributed by atoms with Crippen molar-refractivity contribution in [2.45, 2.75) is 20.0 Å².